The smallest absolute Gasteiger partial charge is 0.328 e. The Kier molecular flexibility index (Phi) is 29.0. The molecule has 4 saturated heterocycles. The van der Waals surface area contributed by atoms with Crippen molar-refractivity contribution in [1.29, 1.82) is 0 Å². The molecule has 4 N–H and O–H groups in total. The first-order valence-corrected chi connectivity index (χ1v) is 37.4. The van der Waals surface area contributed by atoms with Gasteiger partial charge in [-0.25, -0.2) is 9.59 Å². The molecule has 0 spiro atoms. The topological polar surface area (TPSA) is 294 Å². The van der Waals surface area contributed by atoms with Gasteiger partial charge in [0.05, 0.1) is 50.6 Å². The Morgan fingerprint density at radius 3 is 1.37 bits per heavy atom. The fourth-order valence-corrected chi connectivity index (χ4v) is 15.3. The monoisotopic (exact) mass is 1540 g/mol. The molecule has 2 aromatic rings. The highest BCUT2D eigenvalue weighted by atomic mass is 35.5. The predicted octanol–water partition coefficient (Wildman–Crippen LogP) is 9.67. The number of aliphatic hydroxyl groups is 2. The summed E-state index contributed by atoms with van der Waals surface area (Å²) in [5.41, 5.74) is -1.29. The van der Waals surface area contributed by atoms with Crippen LogP contribution in [0, 0.1) is 23.7 Å². The minimum absolute atomic E-state index is 0.0166. The van der Waals surface area contributed by atoms with Crippen molar-refractivity contribution in [2.45, 2.75) is 235 Å². The summed E-state index contributed by atoms with van der Waals surface area (Å²) in [5, 5.41) is 29.6. The van der Waals surface area contributed by atoms with E-state index in [0.29, 0.717) is 48.6 Å². The van der Waals surface area contributed by atoms with Crippen molar-refractivity contribution in [2.24, 2.45) is 23.7 Å². The number of anilines is 2. The molecule has 17 unspecified atom stereocenters. The average Bonchev–Trinajstić information content (AvgIpc) is 1.58. The molecule has 17 atom stereocenters. The third-order valence-corrected chi connectivity index (χ3v) is 22.9. The number of benzene rings is 2. The van der Waals surface area contributed by atoms with Gasteiger partial charge in [0.25, 0.3) is 0 Å². The SMILES string of the molecule is COc1cc2cc(c1Cl)N(C)C(=O)CC(OC(=O)C(C)N(C)C(=O)CCC(C)(C)S)C1(C)OC1C(C)C1CC(=O)NC(O)(C1)C(OC)/C=C/C=C(\C)C2.COc1cc2cc(c1Cl)N(C)C(=O)CC(OC(=O)C(C)N(C)C(=O)CCC(C)S)C1(C)OC1C(C)C1CC(=O)NC(O)(C1)C(OC)/C=C/C=C(\C)C2. The largest absolute Gasteiger partial charge is 0.495 e. The zero-order chi connectivity index (χ0) is 78.3. The summed E-state index contributed by atoms with van der Waals surface area (Å²) < 4.78 is 47.1. The number of methoxy groups -OCH3 is 4. The Balaban J connectivity index is 0.000000293. The number of thiol groups is 2. The maximum atomic E-state index is 14.2. The first-order chi connectivity index (χ1) is 49.0. The molecule has 0 saturated carbocycles. The highest BCUT2D eigenvalue weighted by Gasteiger charge is 2.66. The highest BCUT2D eigenvalue weighted by Crippen LogP contribution is 2.53. The van der Waals surface area contributed by atoms with Gasteiger partial charge in [-0.15, -0.1) is 0 Å². The molecule has 6 amide bonds. The first kappa shape index (κ1) is 86.0. The Hall–Kier alpha value is -6.20. The molecule has 6 heterocycles. The lowest BCUT2D eigenvalue weighted by Gasteiger charge is -2.42. The average molecular weight is 1540 g/mol. The number of epoxide rings is 2. The van der Waals surface area contributed by atoms with Gasteiger partial charge in [0.15, 0.2) is 11.4 Å². The van der Waals surface area contributed by atoms with Gasteiger partial charge in [-0.05, 0) is 132 Å². The number of halogens is 2. The molecule has 0 aromatic heterocycles. The van der Waals surface area contributed by atoms with Crippen molar-refractivity contribution in [3.05, 3.63) is 93.0 Å². The highest BCUT2D eigenvalue weighted by molar-refractivity contribution is 7.81. The Morgan fingerprint density at radius 2 is 1.03 bits per heavy atom. The molecule has 6 aliphatic heterocycles. The van der Waals surface area contributed by atoms with Crippen molar-refractivity contribution < 1.29 is 86.5 Å². The number of hydrogen-bond acceptors (Lipinski definition) is 20. The molecule has 105 heavy (non-hydrogen) atoms. The lowest BCUT2D eigenvalue weighted by molar-refractivity contribution is -0.162. The van der Waals surface area contributed by atoms with Crippen molar-refractivity contribution in [3.8, 4) is 11.5 Å². The summed E-state index contributed by atoms with van der Waals surface area (Å²) in [6.45, 7) is 20.2. The van der Waals surface area contributed by atoms with E-state index in [0.717, 1.165) is 22.3 Å². The molecule has 2 aromatic carbocycles. The second-order valence-corrected chi connectivity index (χ2v) is 33.2. The number of amides is 6. The summed E-state index contributed by atoms with van der Waals surface area (Å²) >= 11 is 22.4. The molecular formula is C77H110Cl2N6O18S2. The standard InChI is InChI=1S/C39H56ClN3O9S.C38H54ClN3O9S/c1-22-12-11-13-29(50-10)39(48)21-26(19-31(44)41-39)23(2)35-38(6,52-35)30(51-36(47)24(3)42(7)32(45)14-15-37(4,5)53)20-33(46)43(8)27-17-25(16-22)18-28(49-9)34(27)40;1-21-11-10-12-29(49-9)38(47)20-26(18-31(43)40-38)23(3)35-37(5,51-35)30(50-36(46)24(4)41(6)32(44)14-13-22(2)52)19-33(45)42(7)27-16-25(15-21)17-28(48-8)34(27)39/h11-13,17-18,23-24,26,29-30,35,48,53H,14-16,19-21H2,1-10H3,(H,41,44);10-12,16-17,22-24,26,29-30,35,47,52H,13-15,18-20H2,1-9H3,(H,40,43)/b13-11+,22-12+;12-10+,21-11+. The molecule has 0 radical (unpaired) electrons. The molecule has 6 aliphatic rings. The van der Waals surface area contributed by atoms with Gasteiger partial charge in [-0.1, -0.05) is 105 Å². The van der Waals surface area contributed by atoms with Crippen molar-refractivity contribution in [2.75, 3.05) is 66.4 Å². The fourth-order valence-electron chi connectivity index (χ4n) is 14.4. The quantitative estimate of drug-likeness (QED) is 0.0518. The van der Waals surface area contributed by atoms with E-state index in [-0.39, 0.29) is 119 Å². The van der Waals surface area contributed by atoms with E-state index in [1.54, 1.807) is 92.3 Å². The lowest BCUT2D eigenvalue weighted by Crippen LogP contribution is -2.61. The summed E-state index contributed by atoms with van der Waals surface area (Å²) in [6.07, 6.45) is 8.31. The van der Waals surface area contributed by atoms with Crippen molar-refractivity contribution >= 4 is 107 Å². The molecule has 8 bridgehead atoms. The van der Waals surface area contributed by atoms with E-state index >= 15 is 0 Å². The van der Waals surface area contributed by atoms with E-state index in [1.807, 2.05) is 72.8 Å². The van der Waals surface area contributed by atoms with Crippen LogP contribution in [0.5, 0.6) is 11.5 Å². The molecule has 28 heteroatoms. The molecule has 582 valence electrons. The van der Waals surface area contributed by atoms with Crippen LogP contribution in [0.4, 0.5) is 11.4 Å². The minimum Gasteiger partial charge on any atom is -0.495 e. The van der Waals surface area contributed by atoms with Gasteiger partial charge < -0.3 is 78.3 Å². The maximum Gasteiger partial charge on any atom is 0.328 e. The van der Waals surface area contributed by atoms with Crippen LogP contribution in [0.15, 0.2) is 71.9 Å². The van der Waals surface area contributed by atoms with Crippen LogP contribution in [0.3, 0.4) is 0 Å². The van der Waals surface area contributed by atoms with Crippen LogP contribution >= 0.6 is 48.5 Å². The summed E-state index contributed by atoms with van der Waals surface area (Å²) in [7, 11) is 12.2. The van der Waals surface area contributed by atoms with Crippen LogP contribution in [0.2, 0.25) is 10.0 Å². The minimum atomic E-state index is -1.70. The Morgan fingerprint density at radius 1 is 0.657 bits per heavy atom. The van der Waals surface area contributed by atoms with Gasteiger partial charge in [0, 0.05) is 85.7 Å². The van der Waals surface area contributed by atoms with Gasteiger partial charge in [-0.2, -0.15) is 25.3 Å². The van der Waals surface area contributed by atoms with Crippen molar-refractivity contribution in [3.63, 3.8) is 0 Å². The summed E-state index contributed by atoms with van der Waals surface area (Å²) in [6, 6.07) is 5.32. The van der Waals surface area contributed by atoms with Gasteiger partial charge in [-0.3, -0.25) is 28.8 Å². The molecule has 4 fully saturated rings. The maximum absolute atomic E-state index is 14.2. The molecule has 8 rings (SSSR count). The molecule has 0 aliphatic carbocycles. The number of likely N-dealkylation sites (N-methyl/N-ethyl adjacent to an activating group) is 2. The van der Waals surface area contributed by atoms with Crippen LogP contribution in [0.1, 0.15) is 151 Å². The second-order valence-electron chi connectivity index (χ2n) is 30.4. The number of rotatable bonds is 16. The van der Waals surface area contributed by atoms with Crippen LogP contribution in [0.25, 0.3) is 0 Å². The van der Waals surface area contributed by atoms with E-state index in [4.69, 9.17) is 61.1 Å². The van der Waals surface area contributed by atoms with Gasteiger partial charge in [0.2, 0.25) is 35.4 Å². The van der Waals surface area contributed by atoms with E-state index in [1.165, 1.54) is 48.0 Å². The van der Waals surface area contributed by atoms with Crippen LogP contribution < -0.4 is 29.9 Å². The zero-order valence-electron chi connectivity index (χ0n) is 64.1. The van der Waals surface area contributed by atoms with E-state index < -0.39 is 95.1 Å². The van der Waals surface area contributed by atoms with Crippen LogP contribution in [-0.2, 0) is 79.6 Å². The lowest BCUT2D eigenvalue weighted by atomic mass is 9.75. The number of nitrogens with one attached hydrogen (secondary N) is 2. The number of nitrogens with zero attached hydrogens (tertiary/aromatic N) is 4. The fraction of sp³-hybridized carbons (Fsp3) is 0.636. The number of hydrogen-bond donors (Lipinski definition) is 6. The number of ether oxygens (including phenoxy) is 8. The number of piperidine rings is 2. The molecular weight excluding hydrogens is 1430 g/mol. The third-order valence-electron chi connectivity index (χ3n) is 21.7. The zero-order valence-corrected chi connectivity index (χ0v) is 67.4. The van der Waals surface area contributed by atoms with E-state index in [2.05, 4.69) is 35.9 Å². The Bertz CT molecular complexity index is 3680. The van der Waals surface area contributed by atoms with Gasteiger partial charge >= 0.3 is 11.9 Å². The summed E-state index contributed by atoms with van der Waals surface area (Å²) in [4.78, 5) is 113. The summed E-state index contributed by atoms with van der Waals surface area (Å²) in [5.74, 6) is -3.85. The first-order valence-electron chi connectivity index (χ1n) is 35.7. The normalized spacial score (nSPS) is 32.0. The van der Waals surface area contributed by atoms with Crippen molar-refractivity contribution in [1.82, 2.24) is 20.4 Å². The number of esters is 2. The van der Waals surface area contributed by atoms with Crippen LogP contribution in [-0.4, -0.2) is 205 Å². The van der Waals surface area contributed by atoms with Gasteiger partial charge in [0.1, 0.15) is 69.2 Å². The number of fused-ring (bicyclic) bond motifs is 10. The number of carbonyl (C=O) groups excluding carboxylic acids is 8. The van der Waals surface area contributed by atoms with E-state index in [9.17, 15) is 48.6 Å². The third kappa shape index (κ3) is 21.0. The number of allylic oxidation sites excluding steroid dienone is 6. The predicted molar refractivity (Wildman–Crippen MR) is 408 cm³/mol. The Labute approximate surface area is 639 Å². The molecule has 24 nitrogen and oxygen atoms in total. The number of carbonyl (C=O) groups is 8. The second kappa shape index (κ2) is 35.4.